The molecule has 108 heavy (non-hydrogen) atoms. The molecule has 9 unspecified atom stereocenters. The van der Waals surface area contributed by atoms with Crippen molar-refractivity contribution in [3.05, 3.63) is 236 Å². The van der Waals surface area contributed by atoms with Crippen LogP contribution in [0.5, 0.6) is 0 Å². The lowest BCUT2D eigenvalue weighted by molar-refractivity contribution is 0.00578. The lowest BCUT2D eigenvalue weighted by Gasteiger charge is -2.45. The zero-order valence-electron chi connectivity index (χ0n) is 70.1. The predicted molar refractivity (Wildman–Crippen MR) is 460 cm³/mol. The van der Waals surface area contributed by atoms with E-state index in [0.29, 0.717) is 53.5 Å². The van der Waals surface area contributed by atoms with Crippen molar-refractivity contribution in [2.45, 2.75) is 325 Å². The number of unbranched alkanes of at least 4 members (excludes halogenated alkanes) is 6. The molecule has 1 aromatic rings. The predicted octanol–water partition coefficient (Wildman–Crippen LogP) is 26.0. The largest absolute Gasteiger partial charge is 0.494 e. The molecule has 0 bridgehead atoms. The molecular weight excluding hydrogens is 1310 g/mol. The average Bonchev–Trinajstić information content (AvgIpc) is 0.984. The zero-order chi connectivity index (χ0) is 76.1. The zero-order valence-corrected chi connectivity index (χ0v) is 70.1. The molecular formula is C100H138B2N2O4. The standard InChI is InChI=1S/C100H138B2N2O4/c1-17-19-21-23-25-83-67-96(94-62-60-92(66-72(94)8)104(88-53-41-80(42-54-88)76-33-29-74(30-34-76)64-70(5)6)90-57-45-82(46-58-90)78-37-49-86(50-38-78)102-107-99(13,14)100(15,16)108-102)84(26-24-22-20-18-2)68-95(83)93-61-59-91(65-71(93)7)103(87-51-39-79(40-52-87)75-31-27-73(28-32-75)63-69(3)4)89-55-43-81(44-56-89)77-35-47-85(48-36-77)101-105-97(9,10)98(11,12)106-101/h27,29,31,35,37-39,41,43-51,53,55,57,59,65-70,76-77,84,89-90,92-94,96H,17-26,28,30,32-34,36,40,42,52,54,56,58,60-64H2,1-16H3. The molecule has 0 saturated carbocycles. The molecule has 10 aliphatic carbocycles. The molecule has 12 aliphatic rings. The van der Waals surface area contributed by atoms with Crippen LogP contribution in [0.1, 0.15) is 290 Å². The van der Waals surface area contributed by atoms with Crippen LogP contribution in [0.15, 0.2) is 230 Å². The first-order valence-electron chi connectivity index (χ1n) is 43.7. The number of hydrogen-bond donors (Lipinski definition) is 0. The molecule has 6 nitrogen and oxygen atoms in total. The van der Waals surface area contributed by atoms with E-state index >= 15 is 0 Å². The highest BCUT2D eigenvalue weighted by molar-refractivity contribution is 6.62. The second kappa shape index (κ2) is 35.0. The van der Waals surface area contributed by atoms with Crippen molar-refractivity contribution < 1.29 is 18.6 Å². The van der Waals surface area contributed by atoms with Crippen molar-refractivity contribution in [2.75, 3.05) is 0 Å². The molecule has 2 heterocycles. The first kappa shape index (κ1) is 80.2. The Balaban J connectivity index is 0.767. The van der Waals surface area contributed by atoms with Gasteiger partial charge in [0.25, 0.3) is 0 Å². The highest BCUT2D eigenvalue weighted by atomic mass is 16.7. The minimum atomic E-state index is -0.369. The van der Waals surface area contributed by atoms with Gasteiger partial charge in [-0.3, -0.25) is 0 Å². The number of rotatable bonds is 28. The van der Waals surface area contributed by atoms with Gasteiger partial charge in [0.2, 0.25) is 0 Å². The van der Waals surface area contributed by atoms with Crippen molar-refractivity contribution >= 4 is 25.3 Å². The van der Waals surface area contributed by atoms with E-state index in [2.05, 4.69) is 272 Å². The Morgan fingerprint density at radius 1 is 0.519 bits per heavy atom. The number of nitrogens with zero attached hydrogens (tertiary/aromatic N) is 2. The number of allylic oxidation sites excluding steroid dienone is 30. The van der Waals surface area contributed by atoms with Crippen LogP contribution in [0.2, 0.25) is 0 Å². The van der Waals surface area contributed by atoms with Gasteiger partial charge in [-0.15, -0.1) is 0 Å². The van der Waals surface area contributed by atoms with E-state index in [1.807, 2.05) is 0 Å². The molecule has 8 heteroatoms. The molecule has 0 aromatic heterocycles. The number of hydrogen-bond acceptors (Lipinski definition) is 6. The van der Waals surface area contributed by atoms with E-state index in [0.717, 1.165) is 68.2 Å². The molecule has 0 radical (unpaired) electrons. The van der Waals surface area contributed by atoms with E-state index in [4.69, 9.17) is 18.6 Å². The lowest BCUT2D eigenvalue weighted by atomic mass is 9.65. The van der Waals surface area contributed by atoms with Gasteiger partial charge in [0.05, 0.1) is 34.5 Å². The third-order valence-corrected chi connectivity index (χ3v) is 27.8. The molecule has 13 rings (SSSR count). The summed E-state index contributed by atoms with van der Waals surface area (Å²) in [6, 6.07) is 9.86. The molecule has 0 N–H and O–H groups in total. The maximum Gasteiger partial charge on any atom is 0.494 e. The first-order valence-corrected chi connectivity index (χ1v) is 43.7. The Hall–Kier alpha value is -5.89. The van der Waals surface area contributed by atoms with Crippen LogP contribution in [0.25, 0.3) is 5.57 Å². The van der Waals surface area contributed by atoms with Crippen LogP contribution in [-0.4, -0.2) is 64.6 Å². The van der Waals surface area contributed by atoms with Crippen molar-refractivity contribution in [1.29, 1.82) is 0 Å². The van der Waals surface area contributed by atoms with Crippen LogP contribution >= 0.6 is 0 Å². The fourth-order valence-corrected chi connectivity index (χ4v) is 20.0. The van der Waals surface area contributed by atoms with Crippen molar-refractivity contribution in [1.82, 2.24) is 9.80 Å². The summed E-state index contributed by atoms with van der Waals surface area (Å²) in [5.41, 5.74) is 23.7. The molecule has 578 valence electrons. The quantitative estimate of drug-likeness (QED) is 0.0473. The van der Waals surface area contributed by atoms with Crippen molar-refractivity contribution in [2.24, 2.45) is 47.3 Å². The Kier molecular flexibility index (Phi) is 26.0. The second-order valence-corrected chi connectivity index (χ2v) is 37.6. The van der Waals surface area contributed by atoms with Gasteiger partial charge in [0, 0.05) is 35.0 Å². The highest BCUT2D eigenvalue weighted by Crippen LogP contribution is 2.51. The third-order valence-electron chi connectivity index (χ3n) is 27.8. The molecule has 9 atom stereocenters. The third kappa shape index (κ3) is 18.6. The summed E-state index contributed by atoms with van der Waals surface area (Å²) >= 11 is 0. The van der Waals surface area contributed by atoms with Gasteiger partial charge in [-0.1, -0.05) is 248 Å². The Labute approximate surface area is 657 Å². The van der Waals surface area contributed by atoms with Gasteiger partial charge < -0.3 is 28.4 Å². The highest BCUT2D eigenvalue weighted by Gasteiger charge is 2.53. The Bertz CT molecular complexity index is 3980. The average molecular weight is 1450 g/mol. The van der Waals surface area contributed by atoms with Gasteiger partial charge in [0.15, 0.2) is 0 Å². The summed E-state index contributed by atoms with van der Waals surface area (Å²) in [5, 5.41) is 0. The minimum absolute atomic E-state index is 0.236. The fraction of sp³-hybridized carbons (Fsp3) is 0.580. The van der Waals surface area contributed by atoms with Crippen molar-refractivity contribution in [3.8, 4) is 0 Å². The normalized spacial score (nSPS) is 28.8. The van der Waals surface area contributed by atoms with E-state index < -0.39 is 0 Å². The topological polar surface area (TPSA) is 43.4 Å². The molecule has 2 fully saturated rings. The van der Waals surface area contributed by atoms with Gasteiger partial charge >= 0.3 is 14.2 Å². The second-order valence-electron chi connectivity index (χ2n) is 37.6. The van der Waals surface area contributed by atoms with Gasteiger partial charge in [-0.2, -0.15) is 0 Å². The lowest BCUT2D eigenvalue weighted by Crippen LogP contribution is -2.44. The molecule has 0 spiro atoms. The molecule has 1 aromatic carbocycles. The van der Waals surface area contributed by atoms with E-state index in [-0.39, 0.29) is 42.7 Å². The summed E-state index contributed by atoms with van der Waals surface area (Å²) in [6.07, 6.45) is 86.0. The maximum atomic E-state index is 6.50. The molecule has 2 saturated heterocycles. The SMILES string of the molecule is CCCCCCC1=CC(C2CCC(N(C3=CC=C(C4CC=C(CC(C)C)CC4)CC3)C3C=CC(c4ccc(B5OC(C)(C)C(C)(C)O5)cc4)=CC3)C=C2C)C(CCCCCC)C=C1C1CC=C(N(C2=CC=C(C3=CC=C(CC(C)C)CC3)CC2)C2C=CC(C3C=CC(B4OC(C)(C)C(C)(C)O4)=CC3)=CC2)C=C1C. The van der Waals surface area contributed by atoms with Gasteiger partial charge in [0.1, 0.15) is 0 Å². The summed E-state index contributed by atoms with van der Waals surface area (Å²) in [5.74, 6) is 4.37. The first-order chi connectivity index (χ1) is 51.8. The van der Waals surface area contributed by atoms with E-state index in [1.165, 1.54) is 173 Å². The van der Waals surface area contributed by atoms with Crippen LogP contribution < -0.4 is 5.46 Å². The smallest absolute Gasteiger partial charge is 0.399 e. The summed E-state index contributed by atoms with van der Waals surface area (Å²) < 4.78 is 25.9. The fourth-order valence-electron chi connectivity index (χ4n) is 20.0. The van der Waals surface area contributed by atoms with Crippen LogP contribution in [0.3, 0.4) is 0 Å². The van der Waals surface area contributed by atoms with Crippen LogP contribution in [-0.2, 0) is 18.6 Å². The molecule has 0 amide bonds. The molecule has 2 aliphatic heterocycles. The monoisotopic (exact) mass is 1450 g/mol. The van der Waals surface area contributed by atoms with Gasteiger partial charge in [-0.25, -0.2) is 0 Å². The maximum absolute atomic E-state index is 6.50. The Morgan fingerprint density at radius 3 is 1.77 bits per heavy atom. The van der Waals surface area contributed by atoms with Gasteiger partial charge in [-0.05, 0) is 301 Å². The number of benzene rings is 1. The van der Waals surface area contributed by atoms with Crippen LogP contribution in [0, 0.1) is 47.3 Å². The summed E-state index contributed by atoms with van der Waals surface area (Å²) in [6.45, 7) is 36.4. The summed E-state index contributed by atoms with van der Waals surface area (Å²) in [7, 11) is -0.685. The van der Waals surface area contributed by atoms with Crippen LogP contribution in [0.4, 0.5) is 0 Å². The van der Waals surface area contributed by atoms with Crippen molar-refractivity contribution in [3.63, 3.8) is 0 Å². The minimum Gasteiger partial charge on any atom is -0.399 e. The van der Waals surface area contributed by atoms with E-state index in [9.17, 15) is 0 Å². The Morgan fingerprint density at radius 2 is 1.19 bits per heavy atom. The summed E-state index contributed by atoms with van der Waals surface area (Å²) in [4.78, 5) is 5.69. The van der Waals surface area contributed by atoms with E-state index in [1.54, 1.807) is 33.4 Å².